The lowest BCUT2D eigenvalue weighted by atomic mass is 11.5. The minimum absolute atomic E-state index is 0.253. The number of carbonyl (C=O) groups excluding carboxylic acids is 1. The molecular formula is C3H4BrO2P. The Bertz CT molecular complexity index is 90.9. The standard InChI is InChI=1S/C3H4BrO2P/c1-6-3(5)7-2-4/h2H,1H3. The van der Waals surface area contributed by atoms with Crippen LogP contribution in [0, 0.1) is 0 Å². The van der Waals surface area contributed by atoms with Crippen LogP contribution in [0.4, 0.5) is 4.79 Å². The molecule has 0 bridgehead atoms. The normalized spacial score (nSPS) is 9.43. The molecule has 0 saturated heterocycles. The Morgan fingerprint density at radius 3 is 2.71 bits per heavy atom. The Kier molecular flexibility index (Phi) is 4.36. The van der Waals surface area contributed by atoms with E-state index in [1.807, 2.05) is 0 Å². The second-order valence-electron chi connectivity index (χ2n) is 0.697. The number of hydrogen-bond acceptors (Lipinski definition) is 2. The largest absolute Gasteiger partial charge is 0.463 e. The second kappa shape index (κ2) is 4.28. The van der Waals surface area contributed by atoms with Crippen LogP contribution >= 0.6 is 24.1 Å². The zero-order chi connectivity index (χ0) is 5.70. The van der Waals surface area contributed by atoms with Gasteiger partial charge in [-0.15, -0.1) is 0 Å². The Hall–Kier alpha value is 0.120. The molecule has 0 aromatic rings. The van der Waals surface area contributed by atoms with Crippen molar-refractivity contribution in [1.29, 1.82) is 0 Å². The molecule has 7 heavy (non-hydrogen) atoms. The van der Waals surface area contributed by atoms with Crippen molar-refractivity contribution in [2.75, 3.05) is 7.11 Å². The van der Waals surface area contributed by atoms with Crippen LogP contribution < -0.4 is 0 Å². The fourth-order valence-corrected chi connectivity index (χ4v) is 0.779. The SMILES string of the molecule is COC(=O)P=CBr. The molecule has 0 saturated carbocycles. The van der Waals surface area contributed by atoms with Crippen LogP contribution in [0.25, 0.3) is 0 Å². The lowest BCUT2D eigenvalue weighted by Gasteiger charge is -1.83. The van der Waals surface area contributed by atoms with Gasteiger partial charge in [-0.05, 0) is 0 Å². The van der Waals surface area contributed by atoms with Gasteiger partial charge in [-0.3, -0.25) is 0 Å². The van der Waals surface area contributed by atoms with E-state index in [0.29, 0.717) is 8.20 Å². The summed E-state index contributed by atoms with van der Waals surface area (Å²) in [6.07, 6.45) is 0. The number of carbonyl (C=O) groups is 1. The van der Waals surface area contributed by atoms with Crippen molar-refractivity contribution in [3.63, 3.8) is 0 Å². The van der Waals surface area contributed by atoms with Crippen LogP contribution in [0.1, 0.15) is 0 Å². The molecule has 0 amide bonds. The van der Waals surface area contributed by atoms with Gasteiger partial charge in [0.25, 0.3) is 0 Å². The van der Waals surface area contributed by atoms with Crippen molar-refractivity contribution in [3.8, 4) is 0 Å². The van der Waals surface area contributed by atoms with Crippen molar-refractivity contribution >= 4 is 34.6 Å². The van der Waals surface area contributed by atoms with Gasteiger partial charge in [-0.1, -0.05) is 15.9 Å². The maximum atomic E-state index is 10.1. The highest BCUT2D eigenvalue weighted by molar-refractivity contribution is 9.18. The lowest BCUT2D eigenvalue weighted by molar-refractivity contribution is 0.200. The summed E-state index contributed by atoms with van der Waals surface area (Å²) in [4.78, 5) is 10.1. The molecule has 0 aliphatic rings. The summed E-state index contributed by atoms with van der Waals surface area (Å²) in [5.74, 6) is 0. The highest BCUT2D eigenvalue weighted by Crippen LogP contribution is 1.99. The van der Waals surface area contributed by atoms with E-state index in [1.165, 1.54) is 7.11 Å². The first-order valence-electron chi connectivity index (χ1n) is 1.52. The summed E-state index contributed by atoms with van der Waals surface area (Å²) >= 11 is 2.95. The topological polar surface area (TPSA) is 26.3 Å². The predicted octanol–water partition coefficient (Wildman–Crippen LogP) is 1.85. The molecule has 0 atom stereocenters. The molecule has 0 spiro atoms. The molecule has 0 N–H and O–H groups in total. The number of halogens is 1. The number of rotatable bonds is 1. The zero-order valence-corrected chi connectivity index (χ0v) is 6.20. The van der Waals surface area contributed by atoms with E-state index in [0.717, 1.165) is 0 Å². The molecule has 40 valence electrons. The van der Waals surface area contributed by atoms with E-state index < -0.39 is 0 Å². The fraction of sp³-hybridized carbons (Fsp3) is 0.333. The van der Waals surface area contributed by atoms with Crippen LogP contribution in [-0.4, -0.2) is 17.5 Å². The predicted molar refractivity (Wildman–Crippen MR) is 34.3 cm³/mol. The quantitative estimate of drug-likeness (QED) is 0.579. The summed E-state index contributed by atoms with van der Waals surface area (Å²) in [6.45, 7) is 0. The van der Waals surface area contributed by atoms with Gasteiger partial charge in [0.15, 0.2) is 0 Å². The fourth-order valence-electron chi connectivity index (χ4n) is 0.0925. The number of ether oxygens (including phenoxy) is 1. The average Bonchev–Trinajstić information content (AvgIpc) is 1.68. The molecule has 0 aliphatic carbocycles. The molecule has 0 unspecified atom stereocenters. The Balaban J connectivity index is 3.37. The van der Waals surface area contributed by atoms with Gasteiger partial charge in [-0.2, -0.15) is 0 Å². The van der Waals surface area contributed by atoms with Gasteiger partial charge < -0.3 is 4.74 Å². The van der Waals surface area contributed by atoms with E-state index >= 15 is 0 Å². The van der Waals surface area contributed by atoms with E-state index in [9.17, 15) is 4.79 Å². The maximum Gasteiger partial charge on any atom is 0.356 e. The summed E-state index contributed by atoms with van der Waals surface area (Å²) in [6, 6.07) is 0. The third-order valence-electron chi connectivity index (χ3n) is 0.329. The highest BCUT2D eigenvalue weighted by Gasteiger charge is 1.86. The summed E-state index contributed by atoms with van der Waals surface area (Å²) in [5, 5.41) is 0. The zero-order valence-electron chi connectivity index (χ0n) is 3.72. The van der Waals surface area contributed by atoms with Crippen LogP contribution in [0.2, 0.25) is 0 Å². The Morgan fingerprint density at radius 2 is 2.57 bits per heavy atom. The van der Waals surface area contributed by atoms with Crippen molar-refractivity contribution in [3.05, 3.63) is 0 Å². The van der Waals surface area contributed by atoms with Gasteiger partial charge in [0, 0.05) is 12.9 Å². The van der Waals surface area contributed by atoms with Crippen LogP contribution in [0.3, 0.4) is 0 Å². The molecule has 4 heteroatoms. The third kappa shape index (κ3) is 3.96. The van der Waals surface area contributed by atoms with Crippen LogP contribution in [-0.2, 0) is 4.74 Å². The van der Waals surface area contributed by atoms with E-state index in [4.69, 9.17) is 0 Å². The first-order valence-corrected chi connectivity index (χ1v) is 3.40. The van der Waals surface area contributed by atoms with Crippen LogP contribution in [0.5, 0.6) is 0 Å². The molecule has 0 aromatic heterocycles. The van der Waals surface area contributed by atoms with E-state index in [1.54, 1.807) is 4.71 Å². The lowest BCUT2D eigenvalue weighted by Crippen LogP contribution is -1.82. The molecule has 0 radical (unpaired) electrons. The van der Waals surface area contributed by atoms with Gasteiger partial charge in [0.2, 0.25) is 0 Å². The monoisotopic (exact) mass is 182 g/mol. The van der Waals surface area contributed by atoms with Gasteiger partial charge in [0.1, 0.15) is 0 Å². The van der Waals surface area contributed by atoms with E-state index in [2.05, 4.69) is 20.7 Å². The minimum atomic E-state index is -0.253. The van der Waals surface area contributed by atoms with Crippen molar-refractivity contribution in [2.24, 2.45) is 0 Å². The summed E-state index contributed by atoms with van der Waals surface area (Å²) in [7, 11) is 1.89. The second-order valence-corrected chi connectivity index (χ2v) is 2.74. The van der Waals surface area contributed by atoms with Crippen molar-refractivity contribution in [1.82, 2.24) is 0 Å². The number of hydrogen-bond donors (Lipinski definition) is 0. The molecule has 0 aliphatic heterocycles. The van der Waals surface area contributed by atoms with E-state index in [-0.39, 0.29) is 5.71 Å². The molecule has 0 heterocycles. The number of methoxy groups -OCH3 is 1. The smallest absolute Gasteiger partial charge is 0.356 e. The highest BCUT2D eigenvalue weighted by atomic mass is 79.9. The minimum Gasteiger partial charge on any atom is -0.463 e. The molecule has 0 fully saturated rings. The summed E-state index contributed by atoms with van der Waals surface area (Å²) < 4.78 is 5.82. The molecular weight excluding hydrogens is 179 g/mol. The van der Waals surface area contributed by atoms with Gasteiger partial charge in [-0.25, -0.2) is 4.79 Å². The molecule has 2 nitrogen and oxygen atoms in total. The van der Waals surface area contributed by atoms with Gasteiger partial charge >= 0.3 is 5.71 Å². The first kappa shape index (κ1) is 7.12. The molecule has 0 aromatic carbocycles. The maximum absolute atomic E-state index is 10.1. The Labute approximate surface area is 51.8 Å². The average molecular weight is 183 g/mol. The van der Waals surface area contributed by atoms with Crippen LogP contribution in [0.15, 0.2) is 0 Å². The summed E-state index contributed by atoms with van der Waals surface area (Å²) in [5.41, 5.74) is -0.253. The first-order chi connectivity index (χ1) is 3.31. The Morgan fingerprint density at radius 1 is 2.00 bits per heavy atom. The van der Waals surface area contributed by atoms with Gasteiger partial charge in [0.05, 0.1) is 7.11 Å². The van der Waals surface area contributed by atoms with Crippen molar-refractivity contribution < 1.29 is 9.53 Å². The van der Waals surface area contributed by atoms with Crippen molar-refractivity contribution in [2.45, 2.75) is 0 Å². The third-order valence-corrected chi connectivity index (χ3v) is 1.43. The molecule has 0 rings (SSSR count).